The number of hydrogen-bond acceptors (Lipinski definition) is 5. The van der Waals surface area contributed by atoms with Crippen LogP contribution in [0, 0.1) is 5.82 Å². The summed E-state index contributed by atoms with van der Waals surface area (Å²) in [6.45, 7) is 8.10. The summed E-state index contributed by atoms with van der Waals surface area (Å²) in [5, 5.41) is 3.48. The fourth-order valence-electron chi connectivity index (χ4n) is 3.14. The molecule has 0 aliphatic carbocycles. The quantitative estimate of drug-likeness (QED) is 0.783. The highest BCUT2D eigenvalue weighted by atomic mass is 19.1. The fourth-order valence-corrected chi connectivity index (χ4v) is 3.14. The number of benzene rings is 1. The second-order valence-electron chi connectivity index (χ2n) is 6.46. The van der Waals surface area contributed by atoms with Crippen LogP contribution in [0.5, 0.6) is 0 Å². The minimum atomic E-state index is -0.175. The van der Waals surface area contributed by atoms with Gasteiger partial charge in [0.05, 0.1) is 0 Å². The van der Waals surface area contributed by atoms with E-state index < -0.39 is 0 Å². The Bertz CT molecular complexity index is 643. The predicted octanol–water partition coefficient (Wildman–Crippen LogP) is 2.48. The number of piperazine rings is 1. The molecule has 1 fully saturated rings. The minimum Gasteiger partial charge on any atom is -0.338 e. The van der Waals surface area contributed by atoms with Gasteiger partial charge in [0.2, 0.25) is 5.95 Å². The molecule has 0 unspecified atom stereocenters. The topological polar surface area (TPSA) is 44.3 Å². The van der Waals surface area contributed by atoms with Gasteiger partial charge in [0.25, 0.3) is 0 Å². The molecule has 1 aliphatic rings. The summed E-state index contributed by atoms with van der Waals surface area (Å²) in [4.78, 5) is 13.4. The molecule has 1 aromatic heterocycles. The average molecular weight is 343 g/mol. The zero-order chi connectivity index (χ0) is 17.5. The van der Waals surface area contributed by atoms with E-state index in [1.54, 1.807) is 24.5 Å². The lowest BCUT2D eigenvalue weighted by Gasteiger charge is -2.34. The highest BCUT2D eigenvalue weighted by molar-refractivity contribution is 5.29. The van der Waals surface area contributed by atoms with Crippen LogP contribution in [-0.4, -0.2) is 54.1 Å². The molecule has 0 radical (unpaired) electrons. The van der Waals surface area contributed by atoms with E-state index in [9.17, 15) is 4.39 Å². The van der Waals surface area contributed by atoms with E-state index in [-0.39, 0.29) is 11.9 Å². The molecule has 25 heavy (non-hydrogen) atoms. The van der Waals surface area contributed by atoms with Crippen LogP contribution in [0.3, 0.4) is 0 Å². The van der Waals surface area contributed by atoms with Crippen molar-refractivity contribution in [1.82, 2.24) is 20.2 Å². The molecule has 0 saturated carbocycles. The first-order valence-corrected chi connectivity index (χ1v) is 8.95. The van der Waals surface area contributed by atoms with Gasteiger partial charge in [-0.3, -0.25) is 4.90 Å². The van der Waals surface area contributed by atoms with Crippen LogP contribution in [0.15, 0.2) is 42.7 Å². The molecule has 1 saturated heterocycles. The normalized spacial score (nSPS) is 16.8. The predicted molar refractivity (Wildman–Crippen MR) is 98.1 cm³/mol. The summed E-state index contributed by atoms with van der Waals surface area (Å²) in [5.41, 5.74) is 0.997. The zero-order valence-electron chi connectivity index (χ0n) is 14.7. The highest BCUT2D eigenvalue weighted by Crippen LogP contribution is 2.13. The number of hydrogen-bond donors (Lipinski definition) is 1. The Morgan fingerprint density at radius 3 is 2.60 bits per heavy atom. The number of nitrogens with one attached hydrogen (secondary N) is 1. The molecule has 6 heteroatoms. The van der Waals surface area contributed by atoms with Gasteiger partial charge in [-0.05, 0) is 50.2 Å². The van der Waals surface area contributed by atoms with Crippen molar-refractivity contribution >= 4 is 5.95 Å². The highest BCUT2D eigenvalue weighted by Gasteiger charge is 2.18. The monoisotopic (exact) mass is 343 g/mol. The first-order chi connectivity index (χ1) is 12.2. The second kappa shape index (κ2) is 8.87. The van der Waals surface area contributed by atoms with Gasteiger partial charge in [-0.2, -0.15) is 0 Å². The molecule has 1 atom stereocenters. The number of rotatable bonds is 7. The SMILES string of the molecule is C[C@@H](NCCCN1CCN(c2ncccn2)CC1)c1cccc(F)c1. The lowest BCUT2D eigenvalue weighted by molar-refractivity contribution is 0.252. The Kier molecular flexibility index (Phi) is 6.30. The van der Waals surface area contributed by atoms with Crippen LogP contribution >= 0.6 is 0 Å². The Morgan fingerprint density at radius 1 is 1.12 bits per heavy atom. The van der Waals surface area contributed by atoms with Crippen LogP contribution in [-0.2, 0) is 0 Å². The van der Waals surface area contributed by atoms with E-state index in [2.05, 4.69) is 32.0 Å². The number of aromatic nitrogens is 2. The number of anilines is 1. The molecule has 2 heterocycles. The van der Waals surface area contributed by atoms with E-state index >= 15 is 0 Å². The Balaban J connectivity index is 1.34. The Hall–Kier alpha value is -2.05. The molecule has 0 bridgehead atoms. The molecule has 1 N–H and O–H groups in total. The third-order valence-corrected chi connectivity index (χ3v) is 4.66. The Morgan fingerprint density at radius 2 is 1.88 bits per heavy atom. The van der Waals surface area contributed by atoms with Crippen LogP contribution in [0.4, 0.5) is 10.3 Å². The number of nitrogens with zero attached hydrogens (tertiary/aromatic N) is 4. The number of halogens is 1. The van der Waals surface area contributed by atoms with Gasteiger partial charge in [-0.25, -0.2) is 14.4 Å². The van der Waals surface area contributed by atoms with Gasteiger partial charge in [-0.15, -0.1) is 0 Å². The van der Waals surface area contributed by atoms with Gasteiger partial charge >= 0.3 is 0 Å². The summed E-state index contributed by atoms with van der Waals surface area (Å²) in [5.74, 6) is 0.652. The molecule has 3 rings (SSSR count). The van der Waals surface area contributed by atoms with Crippen molar-refractivity contribution in [3.05, 3.63) is 54.1 Å². The maximum atomic E-state index is 13.3. The van der Waals surface area contributed by atoms with E-state index in [0.717, 1.165) is 57.2 Å². The van der Waals surface area contributed by atoms with E-state index in [1.807, 2.05) is 12.1 Å². The maximum Gasteiger partial charge on any atom is 0.225 e. The van der Waals surface area contributed by atoms with Gasteiger partial charge in [-0.1, -0.05) is 12.1 Å². The van der Waals surface area contributed by atoms with Crippen molar-refractivity contribution in [2.75, 3.05) is 44.2 Å². The first-order valence-electron chi connectivity index (χ1n) is 8.95. The van der Waals surface area contributed by atoms with Crippen molar-refractivity contribution in [1.29, 1.82) is 0 Å². The molecule has 2 aromatic rings. The summed E-state index contributed by atoms with van der Waals surface area (Å²) in [7, 11) is 0. The average Bonchev–Trinajstić information content (AvgIpc) is 2.66. The third-order valence-electron chi connectivity index (χ3n) is 4.66. The van der Waals surface area contributed by atoms with Crippen molar-refractivity contribution in [3.8, 4) is 0 Å². The smallest absolute Gasteiger partial charge is 0.225 e. The zero-order valence-corrected chi connectivity index (χ0v) is 14.7. The Labute approximate surface area is 148 Å². The van der Waals surface area contributed by atoms with Crippen molar-refractivity contribution in [2.45, 2.75) is 19.4 Å². The van der Waals surface area contributed by atoms with E-state index in [4.69, 9.17) is 0 Å². The van der Waals surface area contributed by atoms with Crippen LogP contribution in [0.2, 0.25) is 0 Å². The van der Waals surface area contributed by atoms with Gasteiger partial charge in [0.1, 0.15) is 5.82 Å². The van der Waals surface area contributed by atoms with Crippen molar-refractivity contribution in [2.24, 2.45) is 0 Å². The molecule has 0 spiro atoms. The van der Waals surface area contributed by atoms with Gasteiger partial charge in [0, 0.05) is 44.6 Å². The van der Waals surface area contributed by atoms with E-state index in [0.29, 0.717) is 0 Å². The lowest BCUT2D eigenvalue weighted by Crippen LogP contribution is -2.47. The molecular formula is C19H26FN5. The summed E-state index contributed by atoms with van der Waals surface area (Å²) in [6.07, 6.45) is 4.67. The standard InChI is InChI=1S/C19H26FN5/c1-16(17-5-2-6-18(20)15-17)21-9-4-10-24-11-13-25(14-12-24)19-22-7-3-8-23-19/h2-3,5-8,15-16,21H,4,9-14H2,1H3/t16-/m1/s1. The fraction of sp³-hybridized carbons (Fsp3) is 0.474. The van der Waals surface area contributed by atoms with Crippen LogP contribution in [0.1, 0.15) is 24.9 Å². The summed E-state index contributed by atoms with van der Waals surface area (Å²) < 4.78 is 13.3. The maximum absolute atomic E-state index is 13.3. The molecule has 0 amide bonds. The minimum absolute atomic E-state index is 0.169. The van der Waals surface area contributed by atoms with Crippen molar-refractivity contribution < 1.29 is 4.39 Å². The molecular weight excluding hydrogens is 317 g/mol. The van der Waals surface area contributed by atoms with Gasteiger partial charge < -0.3 is 10.2 Å². The van der Waals surface area contributed by atoms with Gasteiger partial charge in [0.15, 0.2) is 0 Å². The van der Waals surface area contributed by atoms with Crippen LogP contribution in [0.25, 0.3) is 0 Å². The van der Waals surface area contributed by atoms with Crippen LogP contribution < -0.4 is 10.2 Å². The summed E-state index contributed by atoms with van der Waals surface area (Å²) >= 11 is 0. The summed E-state index contributed by atoms with van der Waals surface area (Å²) in [6, 6.07) is 8.82. The molecule has 1 aliphatic heterocycles. The largest absolute Gasteiger partial charge is 0.338 e. The first kappa shape index (κ1) is 17.8. The van der Waals surface area contributed by atoms with Crippen molar-refractivity contribution in [3.63, 3.8) is 0 Å². The molecule has 134 valence electrons. The van der Waals surface area contributed by atoms with E-state index in [1.165, 1.54) is 6.07 Å². The molecule has 1 aromatic carbocycles. The molecule has 5 nitrogen and oxygen atoms in total. The second-order valence-corrected chi connectivity index (χ2v) is 6.46. The lowest BCUT2D eigenvalue weighted by atomic mass is 10.1. The third kappa shape index (κ3) is 5.21.